The van der Waals surface area contributed by atoms with E-state index in [0.717, 1.165) is 22.4 Å². The summed E-state index contributed by atoms with van der Waals surface area (Å²) < 4.78 is 15.1. The molecular weight excluding hydrogens is 451 g/mol. The summed E-state index contributed by atoms with van der Waals surface area (Å²) in [5.41, 5.74) is 3.56. The van der Waals surface area contributed by atoms with Gasteiger partial charge in [0.2, 0.25) is 0 Å². The molecule has 1 atom stereocenters. The maximum absolute atomic E-state index is 13.5. The highest BCUT2D eigenvalue weighted by molar-refractivity contribution is 7.13. The van der Waals surface area contributed by atoms with Gasteiger partial charge in [0.25, 0.3) is 11.9 Å². The van der Waals surface area contributed by atoms with Gasteiger partial charge in [0.05, 0.1) is 22.3 Å². The number of nitrogens with zero attached hydrogens (tertiary/aromatic N) is 6. The molecule has 0 unspecified atom stereocenters. The number of likely N-dealkylation sites (tertiary alicyclic amines) is 1. The largest absolute Gasteiger partial charge is 0.337 e. The first-order chi connectivity index (χ1) is 16.4. The van der Waals surface area contributed by atoms with Gasteiger partial charge in [-0.2, -0.15) is 9.78 Å². The van der Waals surface area contributed by atoms with Crippen LogP contribution in [-0.4, -0.2) is 68.7 Å². The Balaban J connectivity index is 1.57. The quantitative estimate of drug-likeness (QED) is 0.430. The van der Waals surface area contributed by atoms with Crippen molar-refractivity contribution in [3.63, 3.8) is 0 Å². The van der Waals surface area contributed by atoms with Crippen LogP contribution in [0.4, 0.5) is 4.39 Å². The predicted octanol–water partition coefficient (Wildman–Crippen LogP) is 4.28. The van der Waals surface area contributed by atoms with E-state index in [-0.39, 0.29) is 11.7 Å². The van der Waals surface area contributed by atoms with Crippen molar-refractivity contribution >= 4 is 17.2 Å². The van der Waals surface area contributed by atoms with Gasteiger partial charge in [-0.1, -0.05) is 6.07 Å². The van der Waals surface area contributed by atoms with Gasteiger partial charge in [-0.3, -0.25) is 4.79 Å². The SMILES string of the molecule is Cc1cnc(-n2ncc(C(=O)N3CC[C@H](N(C)C)C3)c2-c2cccs2)nc1-c1ccc(F)cc1. The summed E-state index contributed by atoms with van der Waals surface area (Å²) in [6.45, 7) is 3.32. The van der Waals surface area contributed by atoms with Crippen molar-refractivity contribution in [1.29, 1.82) is 0 Å². The molecule has 1 aliphatic heterocycles. The van der Waals surface area contributed by atoms with Crippen LogP contribution in [0.5, 0.6) is 0 Å². The lowest BCUT2D eigenvalue weighted by Gasteiger charge is -2.20. The van der Waals surface area contributed by atoms with Crippen molar-refractivity contribution in [2.45, 2.75) is 19.4 Å². The molecule has 1 aromatic carbocycles. The fourth-order valence-electron chi connectivity index (χ4n) is 4.26. The van der Waals surface area contributed by atoms with Crippen LogP contribution in [0.1, 0.15) is 22.3 Å². The van der Waals surface area contributed by atoms with Crippen LogP contribution in [0.2, 0.25) is 0 Å². The lowest BCUT2D eigenvalue weighted by atomic mass is 10.1. The minimum absolute atomic E-state index is 0.0372. The Hall–Kier alpha value is -3.43. The van der Waals surface area contributed by atoms with Crippen LogP contribution in [0.3, 0.4) is 0 Å². The van der Waals surface area contributed by atoms with Gasteiger partial charge in [-0.15, -0.1) is 11.3 Å². The summed E-state index contributed by atoms with van der Waals surface area (Å²) in [7, 11) is 4.09. The van der Waals surface area contributed by atoms with Gasteiger partial charge in [0.15, 0.2) is 0 Å². The summed E-state index contributed by atoms with van der Waals surface area (Å²) >= 11 is 1.54. The van der Waals surface area contributed by atoms with E-state index in [1.165, 1.54) is 23.5 Å². The number of likely N-dealkylation sites (N-methyl/N-ethyl adjacent to an activating group) is 1. The Morgan fingerprint density at radius 3 is 2.65 bits per heavy atom. The van der Waals surface area contributed by atoms with E-state index < -0.39 is 0 Å². The predicted molar refractivity (Wildman–Crippen MR) is 131 cm³/mol. The summed E-state index contributed by atoms with van der Waals surface area (Å²) in [5.74, 6) is 0.0224. The zero-order valence-electron chi connectivity index (χ0n) is 19.3. The molecule has 7 nitrogen and oxygen atoms in total. The second-order valence-electron chi connectivity index (χ2n) is 8.66. The number of aromatic nitrogens is 4. The third kappa shape index (κ3) is 4.12. The normalized spacial score (nSPS) is 15.9. The number of amides is 1. The van der Waals surface area contributed by atoms with Crippen molar-refractivity contribution in [2.24, 2.45) is 0 Å². The highest BCUT2D eigenvalue weighted by Crippen LogP contribution is 2.32. The lowest BCUT2D eigenvalue weighted by Crippen LogP contribution is -2.34. The average molecular weight is 477 g/mol. The van der Waals surface area contributed by atoms with Crippen LogP contribution < -0.4 is 0 Å². The number of benzene rings is 1. The molecule has 0 aliphatic carbocycles. The maximum Gasteiger partial charge on any atom is 0.257 e. The molecule has 0 bridgehead atoms. The van der Waals surface area contributed by atoms with Gasteiger partial charge >= 0.3 is 0 Å². The molecule has 0 radical (unpaired) electrons. The summed E-state index contributed by atoms with van der Waals surface area (Å²) in [6.07, 6.45) is 4.29. The third-order valence-electron chi connectivity index (χ3n) is 6.20. The molecule has 1 amide bonds. The van der Waals surface area contributed by atoms with Gasteiger partial charge in [0, 0.05) is 30.9 Å². The first-order valence-corrected chi connectivity index (χ1v) is 12.0. The zero-order valence-corrected chi connectivity index (χ0v) is 20.1. The molecule has 0 N–H and O–H groups in total. The van der Waals surface area contributed by atoms with E-state index in [1.807, 2.05) is 43.4 Å². The number of hydrogen-bond acceptors (Lipinski definition) is 6. The molecule has 34 heavy (non-hydrogen) atoms. The highest BCUT2D eigenvalue weighted by atomic mass is 32.1. The van der Waals surface area contributed by atoms with Gasteiger partial charge in [-0.05, 0) is 68.7 Å². The molecule has 1 fully saturated rings. The van der Waals surface area contributed by atoms with E-state index in [1.54, 1.807) is 29.2 Å². The van der Waals surface area contributed by atoms with Crippen molar-refractivity contribution < 1.29 is 9.18 Å². The van der Waals surface area contributed by atoms with E-state index in [0.29, 0.717) is 42.0 Å². The molecule has 9 heteroatoms. The Morgan fingerprint density at radius 1 is 1.18 bits per heavy atom. The molecule has 0 spiro atoms. The van der Waals surface area contributed by atoms with Gasteiger partial charge in [0.1, 0.15) is 11.5 Å². The molecule has 3 aromatic heterocycles. The first-order valence-electron chi connectivity index (χ1n) is 11.1. The molecule has 1 aliphatic rings. The number of carbonyl (C=O) groups is 1. The van der Waals surface area contributed by atoms with E-state index >= 15 is 0 Å². The maximum atomic E-state index is 13.5. The molecule has 0 saturated carbocycles. The molecule has 4 aromatic rings. The highest BCUT2D eigenvalue weighted by Gasteiger charge is 2.31. The van der Waals surface area contributed by atoms with E-state index in [9.17, 15) is 9.18 Å². The lowest BCUT2D eigenvalue weighted by molar-refractivity contribution is 0.0784. The van der Waals surface area contributed by atoms with Crippen LogP contribution in [0.25, 0.3) is 27.8 Å². The number of hydrogen-bond donors (Lipinski definition) is 0. The van der Waals surface area contributed by atoms with E-state index in [4.69, 9.17) is 4.98 Å². The fraction of sp³-hybridized carbons (Fsp3) is 0.280. The van der Waals surface area contributed by atoms with Crippen molar-refractivity contribution in [2.75, 3.05) is 27.2 Å². The molecular formula is C25H25FN6OS. The second kappa shape index (κ2) is 9.08. The Kier molecular flexibility index (Phi) is 5.97. The fourth-order valence-corrected chi connectivity index (χ4v) is 5.03. The van der Waals surface area contributed by atoms with Crippen molar-refractivity contribution in [3.8, 4) is 27.8 Å². The van der Waals surface area contributed by atoms with Crippen LogP contribution >= 0.6 is 11.3 Å². The van der Waals surface area contributed by atoms with Gasteiger partial charge in [-0.25, -0.2) is 14.4 Å². The molecule has 174 valence electrons. The number of halogens is 1. The van der Waals surface area contributed by atoms with Crippen molar-refractivity contribution in [1.82, 2.24) is 29.5 Å². The van der Waals surface area contributed by atoms with Crippen LogP contribution in [0, 0.1) is 12.7 Å². The minimum atomic E-state index is -0.302. The molecule has 4 heterocycles. The minimum Gasteiger partial charge on any atom is -0.337 e. The number of carbonyl (C=O) groups excluding carboxylic acids is 1. The first kappa shape index (κ1) is 22.4. The standard InChI is InChI=1S/C25H25FN6OS/c1-16-13-27-25(29-22(16)17-6-8-18(26)9-7-17)32-23(21-5-4-12-34-21)20(14-28-32)24(33)31-11-10-19(15-31)30(2)3/h4-9,12-14,19H,10-11,15H2,1-3H3/t19-/m0/s1. The van der Waals surface area contributed by atoms with Crippen LogP contribution in [-0.2, 0) is 0 Å². The van der Waals surface area contributed by atoms with E-state index in [2.05, 4.69) is 15.0 Å². The zero-order chi connectivity index (χ0) is 23.8. The van der Waals surface area contributed by atoms with Gasteiger partial charge < -0.3 is 9.80 Å². The Labute approximate surface area is 201 Å². The Bertz CT molecular complexity index is 1320. The third-order valence-corrected chi connectivity index (χ3v) is 7.08. The summed E-state index contributed by atoms with van der Waals surface area (Å²) in [6, 6.07) is 10.5. The summed E-state index contributed by atoms with van der Waals surface area (Å²) in [4.78, 5) is 27.8. The van der Waals surface area contributed by atoms with Crippen LogP contribution in [0.15, 0.2) is 54.2 Å². The number of aryl methyl sites for hydroxylation is 1. The number of rotatable bonds is 5. The molecule has 5 rings (SSSR count). The molecule has 1 saturated heterocycles. The average Bonchev–Trinajstić information content (AvgIpc) is 3.60. The number of thiophene rings is 1. The topological polar surface area (TPSA) is 67.2 Å². The monoisotopic (exact) mass is 476 g/mol. The summed E-state index contributed by atoms with van der Waals surface area (Å²) in [5, 5.41) is 6.52. The smallest absolute Gasteiger partial charge is 0.257 e. The Morgan fingerprint density at radius 2 is 1.97 bits per heavy atom. The van der Waals surface area contributed by atoms with Crippen molar-refractivity contribution in [3.05, 3.63) is 71.1 Å². The second-order valence-corrected chi connectivity index (χ2v) is 9.61.